The van der Waals surface area contributed by atoms with Crippen LogP contribution in [-0.4, -0.2) is 37.9 Å². The minimum Gasteiger partial charge on any atom is -0.373 e. The Hall–Kier alpha value is -3.53. The maximum atomic E-state index is 14.0. The Bertz CT molecular complexity index is 1200. The molecule has 31 heavy (non-hydrogen) atoms. The number of carbonyl (C=O) groups is 1. The lowest BCUT2D eigenvalue weighted by Crippen LogP contribution is -2.24. The van der Waals surface area contributed by atoms with Gasteiger partial charge in [-0.25, -0.2) is 13.8 Å². The highest BCUT2D eigenvalue weighted by atomic mass is 19.2. The molecule has 1 unspecified atom stereocenters. The van der Waals surface area contributed by atoms with Crippen LogP contribution in [0.15, 0.2) is 36.0 Å². The molecule has 2 aromatic heterocycles. The van der Waals surface area contributed by atoms with E-state index in [0.29, 0.717) is 34.5 Å². The summed E-state index contributed by atoms with van der Waals surface area (Å²) in [6.45, 7) is 0.0504. The van der Waals surface area contributed by atoms with Crippen LogP contribution in [-0.2, 0) is 11.3 Å². The number of anilines is 2. The summed E-state index contributed by atoms with van der Waals surface area (Å²) < 4.78 is 29.1. The zero-order chi connectivity index (χ0) is 21.5. The topological polar surface area (TPSA) is 104 Å². The molecule has 1 saturated carbocycles. The molecule has 0 radical (unpaired) electrons. The minimum absolute atomic E-state index is 0.0504. The summed E-state index contributed by atoms with van der Waals surface area (Å²) in [5, 5.41) is 22.9. The molecule has 5 rings (SSSR count). The Morgan fingerprint density at radius 1 is 1.32 bits per heavy atom. The van der Waals surface area contributed by atoms with Gasteiger partial charge in [-0.15, -0.1) is 0 Å². The van der Waals surface area contributed by atoms with Gasteiger partial charge in [0, 0.05) is 41.8 Å². The van der Waals surface area contributed by atoms with Gasteiger partial charge in [0.2, 0.25) is 5.91 Å². The SMILES string of the molecule is O=C1NC(O)C/C1=C\c1cnn2c(NC3CC3)cc(NCc3cccc(F)c3F)nc12. The predicted molar refractivity (Wildman–Crippen MR) is 110 cm³/mol. The van der Waals surface area contributed by atoms with E-state index in [1.807, 2.05) is 0 Å². The van der Waals surface area contributed by atoms with Crippen LogP contribution in [0.25, 0.3) is 11.7 Å². The van der Waals surface area contributed by atoms with E-state index in [1.54, 1.807) is 22.9 Å². The van der Waals surface area contributed by atoms with Gasteiger partial charge in [0.1, 0.15) is 17.9 Å². The van der Waals surface area contributed by atoms with Gasteiger partial charge >= 0.3 is 0 Å². The molecule has 4 N–H and O–H groups in total. The van der Waals surface area contributed by atoms with Crippen molar-refractivity contribution in [1.29, 1.82) is 0 Å². The zero-order valence-electron chi connectivity index (χ0n) is 16.4. The second kappa shape index (κ2) is 7.62. The molecule has 160 valence electrons. The Morgan fingerprint density at radius 3 is 2.90 bits per heavy atom. The van der Waals surface area contributed by atoms with Gasteiger partial charge in [-0.3, -0.25) is 4.79 Å². The first-order chi connectivity index (χ1) is 15.0. The van der Waals surface area contributed by atoms with Crippen molar-refractivity contribution in [3.8, 4) is 0 Å². The fraction of sp³-hybridized carbons (Fsp3) is 0.286. The second-order valence-corrected chi connectivity index (χ2v) is 7.71. The van der Waals surface area contributed by atoms with E-state index < -0.39 is 17.9 Å². The van der Waals surface area contributed by atoms with Crippen LogP contribution in [0.1, 0.15) is 30.4 Å². The van der Waals surface area contributed by atoms with E-state index in [2.05, 4.69) is 26.0 Å². The van der Waals surface area contributed by atoms with Crippen LogP contribution >= 0.6 is 0 Å². The summed E-state index contributed by atoms with van der Waals surface area (Å²) in [5.74, 6) is -0.974. The maximum absolute atomic E-state index is 14.0. The Kier molecular flexibility index (Phi) is 4.78. The molecular formula is C21H20F2N6O2. The third kappa shape index (κ3) is 3.93. The number of fused-ring (bicyclic) bond motifs is 1. The Morgan fingerprint density at radius 2 is 2.16 bits per heavy atom. The van der Waals surface area contributed by atoms with Gasteiger partial charge in [-0.2, -0.15) is 9.61 Å². The number of rotatable bonds is 6. The van der Waals surface area contributed by atoms with E-state index in [4.69, 9.17) is 0 Å². The van der Waals surface area contributed by atoms with E-state index >= 15 is 0 Å². The lowest BCUT2D eigenvalue weighted by molar-refractivity contribution is -0.117. The number of nitrogens with one attached hydrogen (secondary N) is 3. The molecule has 1 atom stereocenters. The van der Waals surface area contributed by atoms with Gasteiger partial charge < -0.3 is 21.1 Å². The number of hydrogen-bond acceptors (Lipinski definition) is 6. The smallest absolute Gasteiger partial charge is 0.249 e. The summed E-state index contributed by atoms with van der Waals surface area (Å²) >= 11 is 0. The number of benzene rings is 1. The van der Waals surface area contributed by atoms with Crippen molar-refractivity contribution in [3.05, 3.63) is 58.8 Å². The van der Waals surface area contributed by atoms with Crippen molar-refractivity contribution in [2.45, 2.75) is 38.1 Å². The van der Waals surface area contributed by atoms with Crippen LogP contribution in [0, 0.1) is 11.6 Å². The second-order valence-electron chi connectivity index (χ2n) is 7.71. The lowest BCUT2D eigenvalue weighted by atomic mass is 10.1. The molecule has 2 aliphatic rings. The van der Waals surface area contributed by atoms with Gasteiger partial charge in [-0.1, -0.05) is 12.1 Å². The highest BCUT2D eigenvalue weighted by Gasteiger charge is 2.26. The first kappa shape index (κ1) is 19.4. The number of aliphatic hydroxyl groups is 1. The average molecular weight is 426 g/mol. The molecule has 1 aromatic carbocycles. The van der Waals surface area contributed by atoms with Gasteiger partial charge in [0.25, 0.3) is 0 Å². The van der Waals surface area contributed by atoms with E-state index in [9.17, 15) is 18.7 Å². The fourth-order valence-electron chi connectivity index (χ4n) is 3.49. The minimum atomic E-state index is -0.904. The number of amides is 1. The molecule has 1 saturated heterocycles. The standard InChI is InChI=1S/C21H20F2N6O2/c22-15-3-1-2-11(19(15)23)9-24-16-8-17(26-14-4-5-14)29-20(27-16)13(10-25-29)6-12-7-18(30)28-21(12)31/h1-3,6,8,10,14,18,26,30H,4-5,7,9H2,(H,24,27)(H,28,31)/b12-6+. The molecule has 10 heteroatoms. The number of nitrogens with zero attached hydrogens (tertiary/aromatic N) is 3. The molecule has 0 bridgehead atoms. The number of aliphatic hydroxyl groups excluding tert-OH is 1. The molecule has 0 spiro atoms. The molecule has 3 aromatic rings. The number of aromatic nitrogens is 3. The highest BCUT2D eigenvalue weighted by molar-refractivity contribution is 6.00. The van der Waals surface area contributed by atoms with Crippen LogP contribution in [0.3, 0.4) is 0 Å². The van der Waals surface area contributed by atoms with Crippen molar-refractivity contribution in [1.82, 2.24) is 19.9 Å². The summed E-state index contributed by atoms with van der Waals surface area (Å²) in [5.41, 5.74) is 1.72. The van der Waals surface area contributed by atoms with Crippen molar-refractivity contribution < 1.29 is 18.7 Å². The highest BCUT2D eigenvalue weighted by Crippen LogP contribution is 2.28. The first-order valence-corrected chi connectivity index (χ1v) is 9.99. The molecule has 1 aliphatic heterocycles. The Balaban J connectivity index is 1.50. The molecule has 2 fully saturated rings. The number of halogens is 2. The van der Waals surface area contributed by atoms with Crippen molar-refractivity contribution in [2.75, 3.05) is 10.6 Å². The van der Waals surface area contributed by atoms with Gasteiger partial charge in [0.05, 0.1) is 6.20 Å². The summed E-state index contributed by atoms with van der Waals surface area (Å²) in [6.07, 6.45) is 4.65. The largest absolute Gasteiger partial charge is 0.373 e. The fourth-order valence-corrected chi connectivity index (χ4v) is 3.49. The molecular weight excluding hydrogens is 406 g/mol. The summed E-state index contributed by atoms with van der Waals surface area (Å²) in [6, 6.07) is 6.14. The monoisotopic (exact) mass is 426 g/mol. The molecule has 3 heterocycles. The van der Waals surface area contributed by atoms with Crippen LogP contribution in [0.2, 0.25) is 0 Å². The zero-order valence-corrected chi connectivity index (χ0v) is 16.4. The van der Waals surface area contributed by atoms with Crippen molar-refractivity contribution >= 4 is 29.3 Å². The molecule has 1 amide bonds. The van der Waals surface area contributed by atoms with Crippen molar-refractivity contribution in [2.24, 2.45) is 0 Å². The lowest BCUT2D eigenvalue weighted by Gasteiger charge is -2.12. The maximum Gasteiger partial charge on any atom is 0.249 e. The van der Waals surface area contributed by atoms with Gasteiger partial charge in [0.15, 0.2) is 17.3 Å². The van der Waals surface area contributed by atoms with Crippen LogP contribution in [0.4, 0.5) is 20.4 Å². The predicted octanol–water partition coefficient (Wildman–Crippen LogP) is 2.42. The Labute approximate surface area is 176 Å². The normalized spacial score (nSPS) is 19.8. The first-order valence-electron chi connectivity index (χ1n) is 9.99. The quantitative estimate of drug-likeness (QED) is 0.452. The third-order valence-corrected chi connectivity index (χ3v) is 5.25. The van der Waals surface area contributed by atoms with E-state index in [1.165, 1.54) is 12.1 Å². The third-order valence-electron chi connectivity index (χ3n) is 5.25. The summed E-state index contributed by atoms with van der Waals surface area (Å²) in [4.78, 5) is 16.5. The number of hydrogen-bond donors (Lipinski definition) is 4. The summed E-state index contributed by atoms with van der Waals surface area (Å²) in [7, 11) is 0. The van der Waals surface area contributed by atoms with Crippen LogP contribution in [0.5, 0.6) is 0 Å². The van der Waals surface area contributed by atoms with Crippen molar-refractivity contribution in [3.63, 3.8) is 0 Å². The van der Waals surface area contributed by atoms with E-state index in [-0.39, 0.29) is 24.4 Å². The van der Waals surface area contributed by atoms with Gasteiger partial charge in [-0.05, 0) is 25.0 Å². The number of carbonyl (C=O) groups excluding carboxylic acids is 1. The van der Waals surface area contributed by atoms with E-state index in [0.717, 1.165) is 18.9 Å². The van der Waals surface area contributed by atoms with Crippen LogP contribution < -0.4 is 16.0 Å². The average Bonchev–Trinajstić information content (AvgIpc) is 3.37. The molecule has 8 nitrogen and oxygen atoms in total. The molecule has 1 aliphatic carbocycles.